The normalized spacial score (nSPS) is 12.6. The summed E-state index contributed by atoms with van der Waals surface area (Å²) in [5.41, 5.74) is 13.3. The zero-order valence-corrected chi connectivity index (χ0v) is 26.4. The van der Waals surface area contributed by atoms with Gasteiger partial charge in [-0.3, -0.25) is 0 Å². The molecule has 0 fully saturated rings. The Bertz CT molecular complexity index is 1660. The number of anilines is 1. The first kappa shape index (κ1) is 28.7. The van der Waals surface area contributed by atoms with Gasteiger partial charge in [-0.2, -0.15) is 0 Å². The van der Waals surface area contributed by atoms with Crippen LogP contribution in [0.1, 0.15) is 103 Å². The highest BCUT2D eigenvalue weighted by atomic mass is 16.3. The molecule has 0 aliphatic heterocycles. The number of furan rings is 1. The Morgan fingerprint density at radius 3 is 2.02 bits per heavy atom. The van der Waals surface area contributed by atoms with Crippen molar-refractivity contribution < 1.29 is 4.42 Å². The lowest BCUT2D eigenvalue weighted by Crippen LogP contribution is -2.21. The monoisotopic (exact) mass is 547 g/mol. The van der Waals surface area contributed by atoms with Crippen molar-refractivity contribution in [2.24, 2.45) is 7.05 Å². The van der Waals surface area contributed by atoms with Crippen LogP contribution in [0, 0.1) is 27.7 Å². The van der Waals surface area contributed by atoms with Crippen molar-refractivity contribution in [3.63, 3.8) is 0 Å². The van der Waals surface area contributed by atoms with Gasteiger partial charge in [0.1, 0.15) is 23.2 Å². The van der Waals surface area contributed by atoms with E-state index in [0.29, 0.717) is 11.8 Å². The Kier molecular flexibility index (Phi) is 7.87. The molecule has 0 aliphatic carbocycles. The van der Waals surface area contributed by atoms with Crippen molar-refractivity contribution in [2.75, 3.05) is 5.32 Å². The molecule has 0 aliphatic rings. The van der Waals surface area contributed by atoms with Crippen LogP contribution in [-0.4, -0.2) is 9.55 Å². The van der Waals surface area contributed by atoms with Gasteiger partial charge in [-0.25, -0.2) is 4.98 Å². The van der Waals surface area contributed by atoms with E-state index >= 15 is 0 Å². The van der Waals surface area contributed by atoms with Gasteiger partial charge in [0.05, 0.1) is 11.3 Å². The van der Waals surface area contributed by atoms with Crippen LogP contribution in [-0.2, 0) is 13.5 Å². The summed E-state index contributed by atoms with van der Waals surface area (Å²) in [7, 11) is 2.12. The summed E-state index contributed by atoms with van der Waals surface area (Å²) in [6.45, 7) is 20.1. The number of fused-ring (bicyclic) bond motifs is 1. The summed E-state index contributed by atoms with van der Waals surface area (Å²) < 4.78 is 8.47. The molecule has 1 N–H and O–H groups in total. The van der Waals surface area contributed by atoms with Crippen LogP contribution in [0.3, 0.4) is 0 Å². The molecule has 0 radical (unpaired) electrons. The Morgan fingerprint density at radius 1 is 0.854 bits per heavy atom. The maximum Gasteiger partial charge on any atom is 0.136 e. The summed E-state index contributed by atoms with van der Waals surface area (Å²) in [6, 6.07) is 17.4. The van der Waals surface area contributed by atoms with E-state index in [2.05, 4.69) is 122 Å². The second-order valence-corrected chi connectivity index (χ2v) is 12.4. The molecule has 5 rings (SSSR count). The number of rotatable bonds is 8. The third kappa shape index (κ3) is 5.32. The number of imidazole rings is 1. The molecule has 5 aromatic rings. The van der Waals surface area contributed by atoms with E-state index in [1.54, 1.807) is 0 Å². The van der Waals surface area contributed by atoms with Gasteiger partial charge in [0.15, 0.2) is 0 Å². The van der Waals surface area contributed by atoms with Crippen LogP contribution >= 0.6 is 0 Å². The molecule has 0 spiro atoms. The van der Waals surface area contributed by atoms with E-state index in [9.17, 15) is 0 Å². The number of aromatic nitrogens is 2. The fourth-order valence-corrected chi connectivity index (χ4v) is 6.47. The van der Waals surface area contributed by atoms with Crippen molar-refractivity contribution in [3.8, 4) is 11.3 Å². The summed E-state index contributed by atoms with van der Waals surface area (Å²) in [5.74, 6) is 2.74. The number of nitrogens with one attached hydrogen (secondary N) is 1. The molecule has 0 saturated carbocycles. The Hall–Kier alpha value is -3.79. The van der Waals surface area contributed by atoms with E-state index in [1.165, 1.54) is 44.6 Å². The molecule has 0 amide bonds. The van der Waals surface area contributed by atoms with Gasteiger partial charge >= 0.3 is 0 Å². The summed E-state index contributed by atoms with van der Waals surface area (Å²) in [4.78, 5) is 5.40. The molecule has 2 heterocycles. The van der Waals surface area contributed by atoms with Gasteiger partial charge in [0, 0.05) is 30.7 Å². The fourth-order valence-electron chi connectivity index (χ4n) is 6.47. The van der Waals surface area contributed by atoms with Crippen LogP contribution in [0.2, 0.25) is 0 Å². The van der Waals surface area contributed by atoms with Gasteiger partial charge in [-0.05, 0) is 73.4 Å². The van der Waals surface area contributed by atoms with Crippen LogP contribution < -0.4 is 5.32 Å². The lowest BCUT2D eigenvalue weighted by Gasteiger charge is -2.29. The van der Waals surface area contributed by atoms with Crippen LogP contribution in [0.5, 0.6) is 0 Å². The van der Waals surface area contributed by atoms with Crippen LogP contribution in [0.4, 0.5) is 5.69 Å². The molecule has 4 heteroatoms. The summed E-state index contributed by atoms with van der Waals surface area (Å²) in [5, 5.41) is 5.21. The third-order valence-electron chi connectivity index (χ3n) is 8.32. The molecule has 0 bridgehead atoms. The first-order valence-electron chi connectivity index (χ1n) is 15.0. The van der Waals surface area contributed by atoms with Gasteiger partial charge in [0.25, 0.3) is 0 Å². The van der Waals surface area contributed by atoms with Gasteiger partial charge < -0.3 is 14.3 Å². The molecule has 4 nitrogen and oxygen atoms in total. The molecule has 41 heavy (non-hydrogen) atoms. The van der Waals surface area contributed by atoms with E-state index in [-0.39, 0.29) is 6.04 Å². The average molecular weight is 548 g/mol. The summed E-state index contributed by atoms with van der Waals surface area (Å²) in [6.07, 6.45) is 2.98. The molecule has 1 atom stereocenters. The zero-order chi connectivity index (χ0) is 29.6. The largest absolute Gasteiger partial charge is 0.460 e. The van der Waals surface area contributed by atoms with Gasteiger partial charge in [-0.15, -0.1) is 0 Å². The highest BCUT2D eigenvalue weighted by Gasteiger charge is 2.28. The van der Waals surface area contributed by atoms with Crippen molar-refractivity contribution in [2.45, 2.75) is 86.6 Å². The SMILES string of the molecule is CCc1oc2ccccc2c1-c1cn(C)c([C@@H](Nc2c(C(C)C)cc(C)cc2C(C)C)c2c(C)cc(C)cc2C)n1. The van der Waals surface area contributed by atoms with E-state index in [0.717, 1.165) is 40.2 Å². The number of benzene rings is 3. The zero-order valence-electron chi connectivity index (χ0n) is 26.4. The third-order valence-corrected chi connectivity index (χ3v) is 8.32. The minimum Gasteiger partial charge on any atom is -0.460 e. The van der Waals surface area contributed by atoms with Crippen LogP contribution in [0.25, 0.3) is 22.2 Å². The molecule has 0 saturated heterocycles. The Balaban J connectivity index is 1.75. The van der Waals surface area contributed by atoms with Crippen molar-refractivity contribution in [3.05, 3.63) is 105 Å². The highest BCUT2D eigenvalue weighted by molar-refractivity contribution is 5.94. The number of para-hydroxylation sites is 1. The Morgan fingerprint density at radius 2 is 1.44 bits per heavy atom. The maximum atomic E-state index is 6.27. The lowest BCUT2D eigenvalue weighted by atomic mass is 9.88. The van der Waals surface area contributed by atoms with Crippen molar-refractivity contribution in [1.82, 2.24) is 9.55 Å². The van der Waals surface area contributed by atoms with E-state index in [4.69, 9.17) is 9.40 Å². The predicted octanol–water partition coefficient (Wildman–Crippen LogP) is 10.1. The standard InChI is InChI=1S/C37H45N3O/c1-11-31-34(27-14-12-13-15-32(27)41-31)30-20-40(10)37(38-30)36(33-25(8)16-23(6)17-26(33)9)39-35-28(21(2)3)18-24(7)19-29(35)22(4)5/h12-22,36,39H,11H2,1-10H3/t36-/m0/s1. The second kappa shape index (κ2) is 11.2. The molecular formula is C37H45N3O. The van der Waals surface area contributed by atoms with Gasteiger partial charge in [-0.1, -0.05) is 88.2 Å². The van der Waals surface area contributed by atoms with Crippen LogP contribution in [0.15, 0.2) is 59.1 Å². The Labute approximate surface area is 245 Å². The molecular weight excluding hydrogens is 502 g/mol. The topological polar surface area (TPSA) is 43.0 Å². The highest BCUT2D eigenvalue weighted by Crippen LogP contribution is 2.41. The smallest absolute Gasteiger partial charge is 0.136 e. The first-order chi connectivity index (χ1) is 19.5. The number of nitrogens with zero attached hydrogens (tertiary/aromatic N) is 2. The molecule has 3 aromatic carbocycles. The van der Waals surface area contributed by atoms with E-state index < -0.39 is 0 Å². The molecule has 2 aromatic heterocycles. The van der Waals surface area contributed by atoms with Crippen molar-refractivity contribution >= 4 is 16.7 Å². The number of hydrogen-bond donors (Lipinski definition) is 1. The van der Waals surface area contributed by atoms with Gasteiger partial charge in [0.2, 0.25) is 0 Å². The maximum absolute atomic E-state index is 6.27. The fraction of sp³-hybridized carbons (Fsp3) is 0.378. The number of hydrogen-bond acceptors (Lipinski definition) is 3. The molecule has 214 valence electrons. The lowest BCUT2D eigenvalue weighted by molar-refractivity contribution is 0.558. The second-order valence-electron chi connectivity index (χ2n) is 12.4. The van der Waals surface area contributed by atoms with E-state index in [1.807, 2.05) is 12.1 Å². The average Bonchev–Trinajstić information content (AvgIpc) is 3.47. The minimum atomic E-state index is -0.129. The number of aryl methyl sites for hydroxylation is 6. The summed E-state index contributed by atoms with van der Waals surface area (Å²) >= 11 is 0. The quantitative estimate of drug-likeness (QED) is 0.210. The predicted molar refractivity (Wildman–Crippen MR) is 173 cm³/mol. The minimum absolute atomic E-state index is 0.129. The first-order valence-corrected chi connectivity index (χ1v) is 15.0. The van der Waals surface area contributed by atoms with Crippen molar-refractivity contribution in [1.29, 1.82) is 0 Å². The molecule has 0 unspecified atom stereocenters.